The molecule has 2 aliphatic heterocycles. The van der Waals surface area contributed by atoms with Gasteiger partial charge in [-0.25, -0.2) is 27.8 Å². The number of benzene rings is 1. The van der Waals surface area contributed by atoms with Crippen molar-refractivity contribution in [1.29, 1.82) is 0 Å². The summed E-state index contributed by atoms with van der Waals surface area (Å²) >= 11 is 0. The molecule has 0 aliphatic carbocycles. The Morgan fingerprint density at radius 2 is 1.89 bits per heavy atom. The second-order valence-electron chi connectivity index (χ2n) is 8.64. The van der Waals surface area contributed by atoms with Crippen molar-refractivity contribution in [1.82, 2.24) is 24.2 Å². The van der Waals surface area contributed by atoms with Gasteiger partial charge in [-0.3, -0.25) is 0 Å². The number of aromatic amines is 1. The Bertz CT molecular complexity index is 1280. The van der Waals surface area contributed by atoms with Crippen molar-refractivity contribution in [2.24, 2.45) is 0 Å². The molecule has 0 amide bonds. The van der Waals surface area contributed by atoms with Crippen molar-refractivity contribution in [2.45, 2.75) is 36.7 Å². The molecule has 1 aromatic carbocycles. The third kappa shape index (κ3) is 5.20. The summed E-state index contributed by atoms with van der Waals surface area (Å²) < 4.78 is 52.4. The normalized spacial score (nSPS) is 21.7. The van der Waals surface area contributed by atoms with Crippen LogP contribution in [0.4, 0.5) is 16.0 Å². The van der Waals surface area contributed by atoms with E-state index in [0.717, 1.165) is 24.9 Å². The molecule has 0 radical (unpaired) electrons. The Morgan fingerprint density at radius 3 is 2.63 bits per heavy atom. The van der Waals surface area contributed by atoms with Gasteiger partial charge in [-0.1, -0.05) is 0 Å². The summed E-state index contributed by atoms with van der Waals surface area (Å²) in [4.78, 5) is 16.2. The van der Waals surface area contributed by atoms with Crippen LogP contribution >= 0.6 is 0 Å². The van der Waals surface area contributed by atoms with E-state index in [-0.39, 0.29) is 28.6 Å². The first-order valence-corrected chi connectivity index (χ1v) is 13.0. The van der Waals surface area contributed by atoms with E-state index in [1.54, 1.807) is 18.3 Å². The van der Waals surface area contributed by atoms with Gasteiger partial charge in [0.1, 0.15) is 11.5 Å². The first kappa shape index (κ1) is 23.8. The van der Waals surface area contributed by atoms with Crippen LogP contribution in [0.2, 0.25) is 0 Å². The number of sulfonamides is 1. The fraction of sp³-hybridized carbons (Fsp3) is 0.435. The van der Waals surface area contributed by atoms with Crippen LogP contribution in [0.1, 0.15) is 31.5 Å². The van der Waals surface area contributed by atoms with Crippen molar-refractivity contribution in [3.63, 3.8) is 0 Å². The summed E-state index contributed by atoms with van der Waals surface area (Å²) in [5, 5.41) is 3.01. The van der Waals surface area contributed by atoms with Crippen LogP contribution in [0, 0.1) is 5.82 Å². The predicted octanol–water partition coefficient (Wildman–Crippen LogP) is 3.05. The number of nitrogens with one attached hydrogen (secondary N) is 2. The summed E-state index contributed by atoms with van der Waals surface area (Å²) in [6.45, 7) is 4.13. The highest BCUT2D eigenvalue weighted by Gasteiger charge is 2.26. The van der Waals surface area contributed by atoms with Crippen LogP contribution < -0.4 is 5.32 Å². The van der Waals surface area contributed by atoms with Gasteiger partial charge in [0.15, 0.2) is 5.82 Å². The number of hydrogen-bond donors (Lipinski definition) is 2. The summed E-state index contributed by atoms with van der Waals surface area (Å²) in [5.74, 6) is 0.626. The van der Waals surface area contributed by atoms with Crippen LogP contribution in [0.25, 0.3) is 11.4 Å². The van der Waals surface area contributed by atoms with Crippen LogP contribution in [-0.4, -0.2) is 71.7 Å². The second-order valence-corrected chi connectivity index (χ2v) is 10.6. The first-order valence-electron chi connectivity index (χ1n) is 11.5. The van der Waals surface area contributed by atoms with E-state index in [1.807, 2.05) is 6.92 Å². The van der Waals surface area contributed by atoms with Crippen molar-refractivity contribution >= 4 is 21.7 Å². The number of aromatic nitrogens is 4. The number of H-pyrrole nitrogens is 1. The standard InChI is InChI=1S/C23H27FN6O4S/c1-15-12-16(6-9-34-15)22-25-14-20(28-22)21-19(24)13-26-23(29-21)27-17-2-4-18(5-3-17)35(31,32)30-7-10-33-11-8-30/h2-5,13-16H,6-12H2,1H3,(H,25,28)(H,26,27,29). The lowest BCUT2D eigenvalue weighted by molar-refractivity contribution is 0.0174. The number of imidazole rings is 1. The maximum atomic E-state index is 14.6. The van der Waals surface area contributed by atoms with Crippen LogP contribution in [-0.2, 0) is 19.5 Å². The zero-order valence-electron chi connectivity index (χ0n) is 19.3. The van der Waals surface area contributed by atoms with Crippen molar-refractivity contribution < 1.29 is 22.3 Å². The fourth-order valence-electron chi connectivity index (χ4n) is 4.30. The van der Waals surface area contributed by atoms with E-state index in [0.29, 0.717) is 44.3 Å². The van der Waals surface area contributed by atoms with Crippen LogP contribution in [0.3, 0.4) is 0 Å². The Balaban J connectivity index is 1.31. The van der Waals surface area contributed by atoms with Gasteiger partial charge in [-0.05, 0) is 44.0 Å². The molecule has 4 heterocycles. The molecule has 0 spiro atoms. The molecule has 2 fully saturated rings. The van der Waals surface area contributed by atoms with Crippen molar-refractivity contribution in [3.05, 3.63) is 48.3 Å². The Labute approximate surface area is 203 Å². The summed E-state index contributed by atoms with van der Waals surface area (Å²) in [6.07, 6.45) is 4.54. The zero-order chi connectivity index (χ0) is 24.4. The zero-order valence-corrected chi connectivity index (χ0v) is 20.1. The maximum Gasteiger partial charge on any atom is 0.243 e. The van der Waals surface area contributed by atoms with Gasteiger partial charge in [0.05, 0.1) is 42.3 Å². The quantitative estimate of drug-likeness (QED) is 0.527. The van der Waals surface area contributed by atoms with E-state index < -0.39 is 15.8 Å². The molecule has 2 unspecified atom stereocenters. The molecule has 2 saturated heterocycles. The SMILES string of the molecule is CC1CC(c2ncc(-c3nc(Nc4ccc(S(=O)(=O)N5CCOCC5)cc4)ncc3F)[nH]2)CCO1. The number of ether oxygens (including phenoxy) is 2. The van der Waals surface area contributed by atoms with Gasteiger partial charge in [0.25, 0.3) is 0 Å². The Kier molecular flexibility index (Phi) is 6.78. The molecular formula is C23H27FN6O4S. The van der Waals surface area contributed by atoms with E-state index in [2.05, 4.69) is 25.3 Å². The molecule has 0 bridgehead atoms. The van der Waals surface area contributed by atoms with Crippen LogP contribution in [0.15, 0.2) is 41.6 Å². The highest BCUT2D eigenvalue weighted by atomic mass is 32.2. The maximum absolute atomic E-state index is 14.6. The Hall–Kier alpha value is -2.93. The van der Waals surface area contributed by atoms with Gasteiger partial charge in [0.2, 0.25) is 16.0 Å². The molecule has 2 aliphatic rings. The average molecular weight is 503 g/mol. The minimum Gasteiger partial charge on any atom is -0.379 e. The van der Waals surface area contributed by atoms with E-state index in [9.17, 15) is 12.8 Å². The summed E-state index contributed by atoms with van der Waals surface area (Å²) in [5.41, 5.74) is 1.15. The molecule has 35 heavy (non-hydrogen) atoms. The average Bonchev–Trinajstić information content (AvgIpc) is 3.36. The number of halogens is 1. The van der Waals surface area contributed by atoms with E-state index >= 15 is 0 Å². The highest BCUT2D eigenvalue weighted by Crippen LogP contribution is 2.30. The predicted molar refractivity (Wildman–Crippen MR) is 126 cm³/mol. The molecule has 10 nitrogen and oxygen atoms in total. The fourth-order valence-corrected chi connectivity index (χ4v) is 5.71. The molecule has 5 rings (SSSR count). The number of nitrogens with zero attached hydrogens (tertiary/aromatic N) is 4. The molecule has 2 N–H and O–H groups in total. The molecule has 3 aromatic rings. The third-order valence-electron chi connectivity index (χ3n) is 6.18. The van der Waals surface area contributed by atoms with Gasteiger partial charge in [0, 0.05) is 31.3 Å². The minimum atomic E-state index is -3.58. The number of hydrogen-bond acceptors (Lipinski definition) is 8. The van der Waals surface area contributed by atoms with E-state index in [4.69, 9.17) is 9.47 Å². The smallest absolute Gasteiger partial charge is 0.243 e. The molecule has 2 atom stereocenters. The van der Waals surface area contributed by atoms with E-state index in [1.165, 1.54) is 16.4 Å². The lowest BCUT2D eigenvalue weighted by Gasteiger charge is -2.26. The number of anilines is 2. The summed E-state index contributed by atoms with van der Waals surface area (Å²) in [6, 6.07) is 6.29. The van der Waals surface area contributed by atoms with Crippen molar-refractivity contribution in [3.8, 4) is 11.4 Å². The number of rotatable bonds is 6. The Morgan fingerprint density at radius 1 is 1.11 bits per heavy atom. The monoisotopic (exact) mass is 502 g/mol. The van der Waals surface area contributed by atoms with Gasteiger partial charge in [-0.15, -0.1) is 0 Å². The minimum absolute atomic E-state index is 0.105. The van der Waals surface area contributed by atoms with Crippen LogP contribution in [0.5, 0.6) is 0 Å². The lowest BCUT2D eigenvalue weighted by atomic mass is 9.96. The summed E-state index contributed by atoms with van der Waals surface area (Å²) in [7, 11) is -3.58. The molecule has 0 saturated carbocycles. The third-order valence-corrected chi connectivity index (χ3v) is 8.10. The second kappa shape index (κ2) is 9.97. The van der Waals surface area contributed by atoms with Gasteiger partial charge < -0.3 is 19.8 Å². The molecule has 186 valence electrons. The first-order chi connectivity index (χ1) is 16.9. The van der Waals surface area contributed by atoms with Crippen molar-refractivity contribution in [2.75, 3.05) is 38.2 Å². The van der Waals surface area contributed by atoms with Gasteiger partial charge in [-0.2, -0.15) is 4.31 Å². The topological polar surface area (TPSA) is 122 Å². The van der Waals surface area contributed by atoms with Gasteiger partial charge >= 0.3 is 0 Å². The lowest BCUT2D eigenvalue weighted by Crippen LogP contribution is -2.40. The largest absolute Gasteiger partial charge is 0.379 e. The molecule has 12 heteroatoms. The molecule has 2 aromatic heterocycles. The molecular weight excluding hydrogens is 475 g/mol. The highest BCUT2D eigenvalue weighted by molar-refractivity contribution is 7.89. The number of morpholine rings is 1.